The van der Waals surface area contributed by atoms with Gasteiger partial charge < -0.3 is 18.9 Å². The lowest BCUT2D eigenvalue weighted by atomic mass is 9.94. The monoisotopic (exact) mass is 660 g/mol. The van der Waals surface area contributed by atoms with Crippen LogP contribution in [0.15, 0.2) is 87.8 Å². The fourth-order valence-corrected chi connectivity index (χ4v) is 6.23. The van der Waals surface area contributed by atoms with Crippen LogP contribution in [0.3, 0.4) is 0 Å². The lowest BCUT2D eigenvalue weighted by Crippen LogP contribution is -2.40. The van der Waals surface area contributed by atoms with Crippen LogP contribution in [0, 0.1) is 0 Å². The summed E-state index contributed by atoms with van der Waals surface area (Å²) in [5.41, 5.74) is 3.34. The third-order valence-electron chi connectivity index (χ3n) is 7.27. The predicted molar refractivity (Wildman–Crippen MR) is 176 cm³/mol. The highest BCUT2D eigenvalue weighted by molar-refractivity contribution is 7.07. The van der Waals surface area contributed by atoms with Gasteiger partial charge in [0.1, 0.15) is 6.61 Å². The molecule has 0 aliphatic carbocycles. The third kappa shape index (κ3) is 7.08. The molecule has 2 heterocycles. The Morgan fingerprint density at radius 3 is 2.37 bits per heavy atom. The molecule has 0 radical (unpaired) electrons. The summed E-state index contributed by atoms with van der Waals surface area (Å²) in [6, 6.07) is 19.1. The summed E-state index contributed by atoms with van der Waals surface area (Å²) in [5, 5.41) is 0.628. The highest BCUT2D eigenvalue weighted by atomic mass is 35.5. The van der Waals surface area contributed by atoms with Crippen molar-refractivity contribution in [2.45, 2.75) is 45.9 Å². The maximum absolute atomic E-state index is 14.2. The van der Waals surface area contributed by atoms with E-state index in [0.29, 0.717) is 42.7 Å². The molecule has 0 saturated heterocycles. The van der Waals surface area contributed by atoms with Gasteiger partial charge in [-0.2, -0.15) is 0 Å². The molecule has 46 heavy (non-hydrogen) atoms. The van der Waals surface area contributed by atoms with Crippen LogP contribution in [-0.2, 0) is 32.1 Å². The van der Waals surface area contributed by atoms with Crippen LogP contribution in [0.5, 0.6) is 11.5 Å². The van der Waals surface area contributed by atoms with E-state index in [1.165, 1.54) is 23.0 Å². The van der Waals surface area contributed by atoms with Crippen molar-refractivity contribution in [1.82, 2.24) is 4.57 Å². The molecular formula is C35H33ClN2O7S. The van der Waals surface area contributed by atoms with Gasteiger partial charge in [0, 0.05) is 10.6 Å². The molecule has 0 N–H and O–H groups in total. The minimum atomic E-state index is -0.803. The minimum Gasteiger partial charge on any atom is -0.493 e. The Morgan fingerprint density at radius 1 is 1.02 bits per heavy atom. The number of nitrogens with zero attached hydrogens (tertiary/aromatic N) is 2. The van der Waals surface area contributed by atoms with Crippen molar-refractivity contribution in [2.24, 2.45) is 4.99 Å². The first-order valence-electron chi connectivity index (χ1n) is 14.5. The van der Waals surface area contributed by atoms with Crippen molar-refractivity contribution in [1.29, 1.82) is 0 Å². The quantitative estimate of drug-likeness (QED) is 0.217. The number of aromatic nitrogens is 1. The number of thiazole rings is 1. The number of methoxy groups -OCH3 is 2. The van der Waals surface area contributed by atoms with Crippen molar-refractivity contribution in [3.05, 3.63) is 125 Å². The molecule has 1 atom stereocenters. The molecule has 11 heteroatoms. The smallest absolute Gasteiger partial charge is 0.338 e. The number of hydrogen-bond donors (Lipinski definition) is 0. The van der Waals surface area contributed by atoms with E-state index in [2.05, 4.69) is 4.99 Å². The summed E-state index contributed by atoms with van der Waals surface area (Å²) in [7, 11) is 2.89. The number of rotatable bonds is 10. The minimum absolute atomic E-state index is 0.0968. The van der Waals surface area contributed by atoms with E-state index in [-0.39, 0.29) is 36.2 Å². The Kier molecular flexibility index (Phi) is 10.1. The molecule has 0 amide bonds. The fourth-order valence-electron chi connectivity index (χ4n) is 5.07. The number of fused-ring (bicyclic) bond motifs is 1. The first-order valence-corrected chi connectivity index (χ1v) is 15.7. The van der Waals surface area contributed by atoms with Gasteiger partial charge in [0.2, 0.25) is 0 Å². The molecule has 1 aliphatic heterocycles. The molecular weight excluding hydrogens is 628 g/mol. The second-order valence-corrected chi connectivity index (χ2v) is 12.3. The molecule has 238 valence electrons. The zero-order chi connectivity index (χ0) is 33.0. The maximum Gasteiger partial charge on any atom is 0.338 e. The van der Waals surface area contributed by atoms with Gasteiger partial charge >= 0.3 is 11.9 Å². The molecule has 1 aromatic heterocycles. The number of esters is 2. The van der Waals surface area contributed by atoms with Crippen LogP contribution in [-0.4, -0.2) is 36.8 Å². The van der Waals surface area contributed by atoms with E-state index in [9.17, 15) is 14.4 Å². The van der Waals surface area contributed by atoms with Crippen LogP contribution < -0.4 is 24.4 Å². The average Bonchev–Trinajstić information content (AvgIpc) is 3.34. The van der Waals surface area contributed by atoms with Crippen molar-refractivity contribution >= 4 is 41.0 Å². The summed E-state index contributed by atoms with van der Waals surface area (Å²) in [6.45, 7) is 5.52. The van der Waals surface area contributed by atoms with Gasteiger partial charge in [-0.15, -0.1) is 0 Å². The average molecular weight is 661 g/mol. The van der Waals surface area contributed by atoms with E-state index in [1.807, 2.05) is 24.3 Å². The molecule has 5 rings (SSSR count). The summed E-state index contributed by atoms with van der Waals surface area (Å²) >= 11 is 7.25. The van der Waals surface area contributed by atoms with E-state index in [1.54, 1.807) is 76.4 Å². The third-order valence-corrected chi connectivity index (χ3v) is 8.50. The van der Waals surface area contributed by atoms with Crippen LogP contribution >= 0.6 is 22.9 Å². The van der Waals surface area contributed by atoms with Gasteiger partial charge in [-0.05, 0) is 61.7 Å². The second kappa shape index (κ2) is 14.2. The number of benzene rings is 3. The summed E-state index contributed by atoms with van der Waals surface area (Å²) in [5.74, 6) is 0.0578. The number of hydrogen-bond acceptors (Lipinski definition) is 9. The summed E-state index contributed by atoms with van der Waals surface area (Å²) < 4.78 is 24.1. The number of ether oxygens (including phenoxy) is 4. The SMILES string of the molecule is COC(=O)Cc1ccc([C@H]2C(C(=O)OC(C)C)=C(C)N=c3s/c(=C/c4cccc(OC)c4OCc4ccc(Cl)cc4)c(=O)n32)cc1. The molecule has 9 nitrogen and oxygen atoms in total. The lowest BCUT2D eigenvalue weighted by molar-refractivity contribution is -0.143. The van der Waals surface area contributed by atoms with Crippen molar-refractivity contribution in [2.75, 3.05) is 14.2 Å². The number of halogens is 1. The van der Waals surface area contributed by atoms with Crippen LogP contribution in [0.2, 0.25) is 5.02 Å². The molecule has 0 unspecified atom stereocenters. The van der Waals surface area contributed by atoms with Crippen molar-refractivity contribution in [3.8, 4) is 11.5 Å². The van der Waals surface area contributed by atoms with E-state index in [4.69, 9.17) is 30.5 Å². The zero-order valence-corrected chi connectivity index (χ0v) is 27.6. The van der Waals surface area contributed by atoms with Crippen molar-refractivity contribution in [3.63, 3.8) is 0 Å². The first-order chi connectivity index (χ1) is 22.1. The zero-order valence-electron chi connectivity index (χ0n) is 26.0. The van der Waals surface area contributed by atoms with Crippen LogP contribution in [0.25, 0.3) is 6.08 Å². The Labute approximate surface area is 275 Å². The molecule has 0 fully saturated rings. The molecule has 0 spiro atoms. The lowest BCUT2D eigenvalue weighted by Gasteiger charge is -2.25. The molecule has 4 aromatic rings. The molecule has 0 bridgehead atoms. The Hall–Kier alpha value is -4.67. The second-order valence-electron chi connectivity index (χ2n) is 10.8. The van der Waals surface area contributed by atoms with Crippen LogP contribution in [0.1, 0.15) is 49.1 Å². The van der Waals surface area contributed by atoms with E-state index >= 15 is 0 Å². The molecule has 1 aliphatic rings. The molecule has 3 aromatic carbocycles. The highest BCUT2D eigenvalue weighted by Gasteiger charge is 2.34. The fraction of sp³-hybridized carbons (Fsp3) is 0.257. The number of para-hydroxylation sites is 1. The summed E-state index contributed by atoms with van der Waals surface area (Å²) in [6.07, 6.45) is 1.46. The van der Waals surface area contributed by atoms with Gasteiger partial charge in [0.25, 0.3) is 5.56 Å². The van der Waals surface area contributed by atoms with E-state index < -0.39 is 12.0 Å². The van der Waals surface area contributed by atoms with Crippen molar-refractivity contribution < 1.29 is 28.5 Å². The van der Waals surface area contributed by atoms with Gasteiger partial charge in [-0.1, -0.05) is 71.5 Å². The highest BCUT2D eigenvalue weighted by Crippen LogP contribution is 2.33. The van der Waals surface area contributed by atoms with Gasteiger partial charge in [-0.25, -0.2) is 9.79 Å². The Morgan fingerprint density at radius 2 is 1.72 bits per heavy atom. The van der Waals surface area contributed by atoms with E-state index in [0.717, 1.165) is 11.1 Å². The van der Waals surface area contributed by atoms with Gasteiger partial charge in [-0.3, -0.25) is 14.2 Å². The maximum atomic E-state index is 14.2. The topological polar surface area (TPSA) is 105 Å². The van der Waals surface area contributed by atoms with Crippen LogP contribution in [0.4, 0.5) is 0 Å². The largest absolute Gasteiger partial charge is 0.493 e. The standard InChI is InChI=1S/C35H33ClN2O7S/c1-20(2)45-34(41)30-21(3)37-35-38(31(30)24-13-9-22(10-14-24)17-29(39)43-5)33(40)28(46-35)18-25-7-6-8-27(42-4)32(25)44-19-23-11-15-26(36)16-12-23/h6-16,18,20,31H,17,19H2,1-5H3/b28-18+/t31-/m0/s1. The van der Waals surface area contributed by atoms with Gasteiger partial charge in [0.05, 0.1) is 48.6 Å². The van der Waals surface area contributed by atoms with Gasteiger partial charge in [0.15, 0.2) is 16.3 Å². The number of carbonyl (C=O) groups is 2. The first kappa shape index (κ1) is 32.7. The summed E-state index contributed by atoms with van der Waals surface area (Å²) in [4.78, 5) is 44.6. The normalized spacial score (nSPS) is 14.5. The number of carbonyl (C=O) groups excluding carboxylic acids is 2. The Bertz CT molecular complexity index is 1980. The Balaban J connectivity index is 1.61. The number of allylic oxidation sites excluding steroid dienone is 1. The predicted octanol–water partition coefficient (Wildman–Crippen LogP) is 5.14. The molecule has 0 saturated carbocycles.